The van der Waals surface area contributed by atoms with E-state index in [0.29, 0.717) is 9.90 Å². The highest BCUT2D eigenvalue weighted by Crippen LogP contribution is 2.35. The molecule has 24 heavy (non-hydrogen) atoms. The lowest BCUT2D eigenvalue weighted by molar-refractivity contribution is -0.141. The van der Waals surface area contributed by atoms with Gasteiger partial charge in [0.1, 0.15) is 4.88 Å². The standard InChI is InChI=1S/C17H14ClNO3S2/c1-22-14(20)9-11(13-7-4-8-23-13)19-17(21)16-15(18)10-5-2-3-6-12(10)24-16/h2-8,11H,9H2,1H3,(H,19,21). The Bertz CT molecular complexity index is 873. The third-order valence-electron chi connectivity index (χ3n) is 3.53. The van der Waals surface area contributed by atoms with Crippen LogP contribution in [-0.2, 0) is 9.53 Å². The van der Waals surface area contributed by atoms with Gasteiger partial charge < -0.3 is 10.1 Å². The number of hydrogen-bond donors (Lipinski definition) is 1. The molecule has 0 fully saturated rings. The monoisotopic (exact) mass is 379 g/mol. The van der Waals surface area contributed by atoms with E-state index in [0.717, 1.165) is 15.0 Å². The molecule has 1 amide bonds. The number of ether oxygens (including phenoxy) is 1. The molecule has 2 aromatic heterocycles. The van der Waals surface area contributed by atoms with Gasteiger partial charge in [0, 0.05) is 15.0 Å². The maximum Gasteiger partial charge on any atom is 0.307 e. The molecule has 4 nitrogen and oxygen atoms in total. The third kappa shape index (κ3) is 3.45. The third-order valence-corrected chi connectivity index (χ3v) is 6.19. The summed E-state index contributed by atoms with van der Waals surface area (Å²) in [5.41, 5.74) is 0. The Morgan fingerprint density at radius 1 is 1.25 bits per heavy atom. The van der Waals surface area contributed by atoms with Gasteiger partial charge in [-0.25, -0.2) is 0 Å². The first-order valence-corrected chi connectivity index (χ1v) is 9.25. The fourth-order valence-electron chi connectivity index (χ4n) is 2.35. The Morgan fingerprint density at radius 3 is 2.71 bits per heavy atom. The summed E-state index contributed by atoms with van der Waals surface area (Å²) in [5, 5.41) is 6.10. The number of carbonyl (C=O) groups excluding carboxylic acids is 2. The van der Waals surface area contributed by atoms with Gasteiger partial charge in [-0.1, -0.05) is 35.9 Å². The summed E-state index contributed by atoms with van der Waals surface area (Å²) in [5.74, 6) is -0.667. The molecule has 2 heterocycles. The number of nitrogens with one attached hydrogen (secondary N) is 1. The summed E-state index contributed by atoms with van der Waals surface area (Å²) < 4.78 is 5.68. The predicted molar refractivity (Wildman–Crippen MR) is 98.0 cm³/mol. The van der Waals surface area contributed by atoms with Crippen molar-refractivity contribution in [2.75, 3.05) is 7.11 Å². The largest absolute Gasteiger partial charge is 0.469 e. The Hall–Kier alpha value is -1.89. The summed E-state index contributed by atoms with van der Waals surface area (Å²) in [6.45, 7) is 0. The van der Waals surface area contributed by atoms with Crippen LogP contribution in [0, 0.1) is 0 Å². The maximum absolute atomic E-state index is 12.7. The normalized spacial score (nSPS) is 12.1. The second-order valence-corrected chi connectivity index (χ2v) is 7.47. The van der Waals surface area contributed by atoms with Gasteiger partial charge in [0.2, 0.25) is 0 Å². The molecule has 7 heteroatoms. The highest BCUT2D eigenvalue weighted by molar-refractivity contribution is 7.21. The number of carbonyl (C=O) groups is 2. The van der Waals surface area contributed by atoms with E-state index in [9.17, 15) is 9.59 Å². The second kappa shape index (κ2) is 7.34. The zero-order valence-electron chi connectivity index (χ0n) is 12.7. The first-order chi connectivity index (χ1) is 11.6. The summed E-state index contributed by atoms with van der Waals surface area (Å²) in [7, 11) is 1.33. The summed E-state index contributed by atoms with van der Waals surface area (Å²) in [4.78, 5) is 25.7. The molecule has 0 aliphatic heterocycles. The van der Waals surface area contributed by atoms with E-state index in [1.807, 2.05) is 41.8 Å². The van der Waals surface area contributed by atoms with E-state index >= 15 is 0 Å². The number of methoxy groups -OCH3 is 1. The molecule has 1 aromatic carbocycles. The Labute approximate surface area is 152 Å². The van der Waals surface area contributed by atoms with Crippen molar-refractivity contribution < 1.29 is 14.3 Å². The molecular formula is C17H14ClNO3S2. The number of esters is 1. The molecule has 1 unspecified atom stereocenters. The van der Waals surface area contributed by atoms with Crippen molar-refractivity contribution in [2.24, 2.45) is 0 Å². The minimum Gasteiger partial charge on any atom is -0.469 e. The van der Waals surface area contributed by atoms with Crippen molar-refractivity contribution in [3.63, 3.8) is 0 Å². The molecule has 1 N–H and O–H groups in total. The first-order valence-electron chi connectivity index (χ1n) is 7.18. The topological polar surface area (TPSA) is 55.4 Å². The fraction of sp³-hybridized carbons (Fsp3) is 0.176. The van der Waals surface area contributed by atoms with Crippen LogP contribution in [0.4, 0.5) is 0 Å². The molecule has 0 spiro atoms. The van der Waals surface area contributed by atoms with Crippen LogP contribution in [0.3, 0.4) is 0 Å². The molecule has 0 aliphatic carbocycles. The lowest BCUT2D eigenvalue weighted by Gasteiger charge is -2.16. The quantitative estimate of drug-likeness (QED) is 0.656. The molecule has 1 atom stereocenters. The smallest absolute Gasteiger partial charge is 0.307 e. The highest BCUT2D eigenvalue weighted by atomic mass is 35.5. The summed E-state index contributed by atoms with van der Waals surface area (Å²) >= 11 is 9.17. The van der Waals surface area contributed by atoms with Gasteiger partial charge >= 0.3 is 5.97 Å². The van der Waals surface area contributed by atoms with Gasteiger partial charge in [0.05, 0.1) is 24.6 Å². The summed E-state index contributed by atoms with van der Waals surface area (Å²) in [6.07, 6.45) is 0.0747. The maximum atomic E-state index is 12.7. The van der Waals surface area contributed by atoms with E-state index in [1.165, 1.54) is 29.8 Å². The Balaban J connectivity index is 1.87. The van der Waals surface area contributed by atoms with Crippen LogP contribution in [0.2, 0.25) is 5.02 Å². The minimum atomic E-state index is -0.439. The lowest BCUT2D eigenvalue weighted by atomic mass is 10.1. The van der Waals surface area contributed by atoms with E-state index < -0.39 is 6.04 Å². The molecular weight excluding hydrogens is 366 g/mol. The molecule has 0 saturated carbocycles. The van der Waals surface area contributed by atoms with E-state index in [4.69, 9.17) is 16.3 Å². The molecule has 124 valence electrons. The number of amides is 1. The Kier molecular flexibility index (Phi) is 5.18. The molecule has 0 saturated heterocycles. The number of benzene rings is 1. The molecule has 0 bridgehead atoms. The van der Waals surface area contributed by atoms with E-state index in [2.05, 4.69) is 5.32 Å². The molecule has 3 rings (SSSR count). The van der Waals surface area contributed by atoms with Gasteiger partial charge in [-0.2, -0.15) is 0 Å². The molecule has 0 radical (unpaired) electrons. The van der Waals surface area contributed by atoms with Gasteiger partial charge in [-0.15, -0.1) is 22.7 Å². The van der Waals surface area contributed by atoms with Crippen molar-refractivity contribution in [3.05, 3.63) is 56.6 Å². The van der Waals surface area contributed by atoms with Crippen LogP contribution < -0.4 is 5.32 Å². The fourth-order valence-corrected chi connectivity index (χ4v) is 4.54. The van der Waals surface area contributed by atoms with Crippen LogP contribution >= 0.6 is 34.3 Å². The van der Waals surface area contributed by atoms with Gasteiger partial charge in [0.15, 0.2) is 0 Å². The van der Waals surface area contributed by atoms with Gasteiger partial charge in [0.25, 0.3) is 5.91 Å². The van der Waals surface area contributed by atoms with Crippen LogP contribution in [0.5, 0.6) is 0 Å². The van der Waals surface area contributed by atoms with Gasteiger partial charge in [-0.05, 0) is 17.5 Å². The zero-order chi connectivity index (χ0) is 17.1. The number of rotatable bonds is 5. The molecule has 3 aromatic rings. The SMILES string of the molecule is COC(=O)CC(NC(=O)c1sc2ccccc2c1Cl)c1cccs1. The average molecular weight is 380 g/mol. The minimum absolute atomic E-state index is 0.0747. The number of fused-ring (bicyclic) bond motifs is 1. The average Bonchev–Trinajstić information content (AvgIpc) is 3.23. The predicted octanol–water partition coefficient (Wildman–Crippen LogP) is 4.65. The van der Waals surface area contributed by atoms with Gasteiger partial charge in [-0.3, -0.25) is 9.59 Å². The van der Waals surface area contributed by atoms with Crippen LogP contribution in [-0.4, -0.2) is 19.0 Å². The van der Waals surface area contributed by atoms with Crippen molar-refractivity contribution in [1.82, 2.24) is 5.32 Å². The summed E-state index contributed by atoms with van der Waals surface area (Å²) in [6, 6.07) is 10.9. The number of halogens is 1. The van der Waals surface area contributed by atoms with Crippen LogP contribution in [0.25, 0.3) is 10.1 Å². The number of hydrogen-bond acceptors (Lipinski definition) is 5. The number of thiophene rings is 2. The first kappa shape index (κ1) is 17.0. The highest BCUT2D eigenvalue weighted by Gasteiger charge is 2.23. The van der Waals surface area contributed by atoms with Crippen LogP contribution in [0.1, 0.15) is 27.0 Å². The lowest BCUT2D eigenvalue weighted by Crippen LogP contribution is -2.29. The zero-order valence-corrected chi connectivity index (χ0v) is 15.1. The van der Waals surface area contributed by atoms with Crippen molar-refractivity contribution >= 4 is 56.2 Å². The van der Waals surface area contributed by atoms with Crippen LogP contribution in [0.15, 0.2) is 41.8 Å². The van der Waals surface area contributed by atoms with Crippen molar-refractivity contribution in [1.29, 1.82) is 0 Å². The van der Waals surface area contributed by atoms with Crippen molar-refractivity contribution in [2.45, 2.75) is 12.5 Å². The Morgan fingerprint density at radius 2 is 2.04 bits per heavy atom. The molecule has 0 aliphatic rings. The van der Waals surface area contributed by atoms with E-state index in [1.54, 1.807) is 0 Å². The van der Waals surface area contributed by atoms with Crippen molar-refractivity contribution in [3.8, 4) is 0 Å². The van der Waals surface area contributed by atoms with E-state index in [-0.39, 0.29) is 18.3 Å². The second-order valence-electron chi connectivity index (χ2n) is 5.06.